The average Bonchev–Trinajstić information content (AvgIpc) is 3.23. The highest BCUT2D eigenvalue weighted by Gasteiger charge is 2.55. The summed E-state index contributed by atoms with van der Waals surface area (Å²) in [6.45, 7) is 1.70. The number of hydrogen-bond acceptors (Lipinski definition) is 7. The van der Waals surface area contributed by atoms with Crippen LogP contribution in [0, 0.1) is 6.92 Å². The van der Waals surface area contributed by atoms with Gasteiger partial charge in [0.1, 0.15) is 12.3 Å². The molecule has 2 heterocycles. The summed E-state index contributed by atoms with van der Waals surface area (Å²) in [7, 11) is 1.53. The van der Waals surface area contributed by atoms with Gasteiger partial charge in [0.2, 0.25) is 5.91 Å². The topological polar surface area (TPSA) is 104 Å². The summed E-state index contributed by atoms with van der Waals surface area (Å²) in [6.07, 6.45) is 0. The molecule has 29 heavy (non-hydrogen) atoms. The molecular weight excluding hydrogens is 374 g/mol. The molecule has 2 aromatic carbocycles. The van der Waals surface area contributed by atoms with E-state index >= 15 is 0 Å². The smallest absolute Gasteiger partial charge is 0.263 e. The Balaban J connectivity index is 1.49. The van der Waals surface area contributed by atoms with Crippen molar-refractivity contribution in [2.75, 3.05) is 23.9 Å². The molecule has 0 aliphatic carbocycles. The standard InChI is InChI=1S/C20H19N5O4/c1-12-5-3-4-6-15(12)21-16(26)11-24-18-17(22-23-24)19(27)25(20(18)28)13-7-9-14(29-2)10-8-13/h3-10,17-18H,11H2,1-2H3,(H,21,26)/t17-,18-/m0/s1. The van der Waals surface area contributed by atoms with E-state index in [1.54, 1.807) is 30.3 Å². The van der Waals surface area contributed by atoms with Crippen molar-refractivity contribution >= 4 is 29.1 Å². The molecule has 0 unspecified atom stereocenters. The minimum atomic E-state index is -0.948. The fourth-order valence-electron chi connectivity index (χ4n) is 3.39. The first kappa shape index (κ1) is 18.6. The number of fused-ring (bicyclic) bond motifs is 1. The number of benzene rings is 2. The Bertz CT molecular complexity index is 1000. The van der Waals surface area contributed by atoms with E-state index in [-0.39, 0.29) is 12.5 Å². The van der Waals surface area contributed by atoms with E-state index in [2.05, 4.69) is 15.7 Å². The molecule has 1 fully saturated rings. The summed E-state index contributed by atoms with van der Waals surface area (Å²) in [6, 6.07) is 12.1. The number of anilines is 2. The van der Waals surface area contributed by atoms with Crippen LogP contribution in [-0.4, -0.2) is 48.5 Å². The second kappa shape index (κ2) is 7.34. The molecule has 2 atom stereocenters. The molecule has 1 N–H and O–H groups in total. The van der Waals surface area contributed by atoms with Crippen LogP contribution in [0.5, 0.6) is 5.75 Å². The predicted molar refractivity (Wildman–Crippen MR) is 104 cm³/mol. The number of carbonyl (C=O) groups excluding carboxylic acids is 3. The SMILES string of the molecule is COc1ccc(N2C(=O)[C@H]3N=NN(CC(=O)Nc4ccccc4C)[C@@H]3C2=O)cc1. The summed E-state index contributed by atoms with van der Waals surface area (Å²) >= 11 is 0. The molecule has 9 heteroatoms. The lowest BCUT2D eigenvalue weighted by Gasteiger charge is -2.20. The molecule has 0 radical (unpaired) electrons. The van der Waals surface area contributed by atoms with Crippen molar-refractivity contribution in [3.63, 3.8) is 0 Å². The van der Waals surface area contributed by atoms with Gasteiger partial charge in [0.05, 0.1) is 12.8 Å². The van der Waals surface area contributed by atoms with E-state index in [0.717, 1.165) is 10.5 Å². The van der Waals surface area contributed by atoms with E-state index in [4.69, 9.17) is 4.74 Å². The number of imide groups is 1. The van der Waals surface area contributed by atoms with Gasteiger partial charge in [-0.3, -0.25) is 19.4 Å². The van der Waals surface area contributed by atoms with Crippen molar-refractivity contribution in [1.82, 2.24) is 5.01 Å². The largest absolute Gasteiger partial charge is 0.497 e. The van der Waals surface area contributed by atoms with Gasteiger partial charge in [-0.15, -0.1) is 0 Å². The molecule has 0 spiro atoms. The van der Waals surface area contributed by atoms with Gasteiger partial charge in [0, 0.05) is 5.69 Å². The van der Waals surface area contributed by atoms with Crippen molar-refractivity contribution in [3.8, 4) is 5.75 Å². The Morgan fingerprint density at radius 1 is 1.10 bits per heavy atom. The second-order valence-corrected chi connectivity index (χ2v) is 6.77. The summed E-state index contributed by atoms with van der Waals surface area (Å²) in [4.78, 5) is 39.2. The molecular formula is C20H19N5O4. The Morgan fingerprint density at radius 3 is 2.52 bits per heavy atom. The van der Waals surface area contributed by atoms with Crippen LogP contribution in [0.1, 0.15) is 5.56 Å². The van der Waals surface area contributed by atoms with Crippen LogP contribution in [0.25, 0.3) is 0 Å². The first-order valence-corrected chi connectivity index (χ1v) is 9.04. The van der Waals surface area contributed by atoms with Gasteiger partial charge >= 0.3 is 0 Å². The first-order chi connectivity index (χ1) is 14.0. The molecule has 148 valence electrons. The maximum absolute atomic E-state index is 12.9. The lowest BCUT2D eigenvalue weighted by molar-refractivity contribution is -0.123. The number of ether oxygens (including phenoxy) is 1. The molecule has 0 bridgehead atoms. The number of nitrogens with zero attached hydrogens (tertiary/aromatic N) is 4. The molecule has 2 aliphatic heterocycles. The van der Waals surface area contributed by atoms with Crippen LogP contribution in [0.4, 0.5) is 11.4 Å². The summed E-state index contributed by atoms with van der Waals surface area (Å²) in [5.41, 5.74) is 2.02. The third-order valence-corrected chi connectivity index (χ3v) is 4.91. The van der Waals surface area contributed by atoms with Gasteiger partial charge in [-0.2, -0.15) is 5.11 Å². The summed E-state index contributed by atoms with van der Waals surface area (Å²) < 4.78 is 5.10. The van der Waals surface area contributed by atoms with Crippen molar-refractivity contribution in [2.24, 2.45) is 10.3 Å². The zero-order chi connectivity index (χ0) is 20.5. The zero-order valence-electron chi connectivity index (χ0n) is 15.9. The molecule has 9 nitrogen and oxygen atoms in total. The number of aryl methyl sites for hydroxylation is 1. The van der Waals surface area contributed by atoms with Crippen LogP contribution in [0.2, 0.25) is 0 Å². The highest BCUT2D eigenvalue weighted by atomic mass is 16.5. The summed E-state index contributed by atoms with van der Waals surface area (Å²) in [5, 5.41) is 11.9. The Labute approximate surface area is 166 Å². The minimum absolute atomic E-state index is 0.186. The zero-order valence-corrected chi connectivity index (χ0v) is 15.9. The maximum atomic E-state index is 12.9. The van der Waals surface area contributed by atoms with E-state index in [1.165, 1.54) is 12.1 Å². The second-order valence-electron chi connectivity index (χ2n) is 6.77. The highest BCUT2D eigenvalue weighted by Crippen LogP contribution is 2.32. The molecule has 3 amide bonds. The Morgan fingerprint density at radius 2 is 1.83 bits per heavy atom. The lowest BCUT2D eigenvalue weighted by atomic mass is 10.1. The van der Waals surface area contributed by atoms with Crippen LogP contribution >= 0.6 is 0 Å². The molecule has 1 saturated heterocycles. The van der Waals surface area contributed by atoms with E-state index in [9.17, 15) is 14.4 Å². The normalized spacial score (nSPS) is 20.2. The molecule has 0 aromatic heterocycles. The predicted octanol–water partition coefficient (Wildman–Crippen LogP) is 1.94. The molecule has 0 saturated carbocycles. The average molecular weight is 393 g/mol. The highest BCUT2D eigenvalue weighted by molar-refractivity contribution is 6.25. The van der Waals surface area contributed by atoms with Crippen LogP contribution in [-0.2, 0) is 14.4 Å². The molecule has 4 rings (SSSR count). The van der Waals surface area contributed by atoms with Crippen LogP contribution in [0.3, 0.4) is 0 Å². The van der Waals surface area contributed by atoms with E-state index < -0.39 is 23.9 Å². The number of nitrogens with one attached hydrogen (secondary N) is 1. The third kappa shape index (κ3) is 3.31. The Hall–Kier alpha value is -3.75. The molecule has 2 aromatic rings. The van der Waals surface area contributed by atoms with E-state index in [0.29, 0.717) is 17.1 Å². The van der Waals surface area contributed by atoms with Gasteiger partial charge in [-0.1, -0.05) is 23.4 Å². The van der Waals surface area contributed by atoms with Gasteiger partial charge in [-0.25, -0.2) is 4.90 Å². The monoisotopic (exact) mass is 393 g/mol. The Kier molecular flexibility index (Phi) is 4.71. The fraction of sp³-hybridized carbons (Fsp3) is 0.250. The third-order valence-electron chi connectivity index (χ3n) is 4.91. The van der Waals surface area contributed by atoms with Gasteiger partial charge < -0.3 is 10.1 Å². The van der Waals surface area contributed by atoms with Crippen molar-refractivity contribution in [1.29, 1.82) is 0 Å². The van der Waals surface area contributed by atoms with Gasteiger partial charge in [0.25, 0.3) is 11.8 Å². The van der Waals surface area contributed by atoms with Crippen molar-refractivity contribution < 1.29 is 19.1 Å². The van der Waals surface area contributed by atoms with Crippen LogP contribution < -0.4 is 15.0 Å². The fourth-order valence-corrected chi connectivity index (χ4v) is 3.39. The minimum Gasteiger partial charge on any atom is -0.497 e. The molecule has 2 aliphatic rings. The van der Waals surface area contributed by atoms with Crippen LogP contribution in [0.15, 0.2) is 58.9 Å². The number of amides is 3. The quantitative estimate of drug-likeness (QED) is 0.782. The number of para-hydroxylation sites is 1. The van der Waals surface area contributed by atoms with E-state index in [1.807, 2.05) is 25.1 Å². The first-order valence-electron chi connectivity index (χ1n) is 9.04. The number of carbonyl (C=O) groups is 3. The van der Waals surface area contributed by atoms with Gasteiger partial charge in [0.15, 0.2) is 12.1 Å². The number of hydrogen-bond donors (Lipinski definition) is 1. The maximum Gasteiger partial charge on any atom is 0.263 e. The lowest BCUT2D eigenvalue weighted by Crippen LogP contribution is -2.43. The van der Waals surface area contributed by atoms with Crippen molar-refractivity contribution in [2.45, 2.75) is 19.0 Å². The van der Waals surface area contributed by atoms with Crippen molar-refractivity contribution in [3.05, 3.63) is 54.1 Å². The summed E-state index contributed by atoms with van der Waals surface area (Å²) in [5.74, 6) is -0.654. The number of methoxy groups -OCH3 is 1. The van der Waals surface area contributed by atoms with Gasteiger partial charge in [-0.05, 0) is 42.8 Å². The number of rotatable bonds is 5.